The Morgan fingerprint density at radius 3 is 2.39 bits per heavy atom. The number of hydrogen-bond donors (Lipinski definition) is 0. The lowest BCUT2D eigenvalue weighted by atomic mass is 9.87. The number of methoxy groups -OCH3 is 1. The highest BCUT2D eigenvalue weighted by Gasteiger charge is 2.19. The molecule has 1 fully saturated rings. The fourth-order valence-corrected chi connectivity index (χ4v) is 4.63. The smallest absolute Gasteiger partial charge is 0.119 e. The van der Waals surface area contributed by atoms with Crippen molar-refractivity contribution >= 4 is 33.9 Å². The summed E-state index contributed by atoms with van der Waals surface area (Å²) in [6.45, 7) is 4.21. The molecular weight excluding hydrogens is 438 g/mol. The molecule has 2 aliphatic rings. The molecule has 2 aromatic rings. The number of hydrogen-bond acceptors (Lipinski definition) is 3. The Hall–Kier alpha value is -1.49. The van der Waals surface area contributed by atoms with Crippen LogP contribution in [0.25, 0.3) is 5.57 Å². The SMILES string of the molecule is COc1ccc2c(c1)CCC(Br)=C2c1ccc(OCCN2CCCC2)cc1.Cl. The first kappa shape index (κ1) is 21.2. The van der Waals surface area contributed by atoms with Crippen molar-refractivity contribution in [1.82, 2.24) is 4.90 Å². The van der Waals surface area contributed by atoms with Crippen molar-refractivity contribution in [3.05, 3.63) is 63.6 Å². The molecule has 0 radical (unpaired) electrons. The van der Waals surface area contributed by atoms with Crippen LogP contribution in [0.15, 0.2) is 46.9 Å². The van der Waals surface area contributed by atoms with Gasteiger partial charge in [-0.05, 0) is 85.3 Å². The van der Waals surface area contributed by atoms with E-state index in [0.29, 0.717) is 0 Å². The van der Waals surface area contributed by atoms with E-state index >= 15 is 0 Å². The summed E-state index contributed by atoms with van der Waals surface area (Å²) >= 11 is 3.81. The molecule has 5 heteroatoms. The summed E-state index contributed by atoms with van der Waals surface area (Å²) in [7, 11) is 1.72. The van der Waals surface area contributed by atoms with Gasteiger partial charge in [-0.1, -0.05) is 34.1 Å². The average molecular weight is 465 g/mol. The van der Waals surface area contributed by atoms with E-state index in [-0.39, 0.29) is 12.4 Å². The maximum absolute atomic E-state index is 5.95. The highest BCUT2D eigenvalue weighted by Crippen LogP contribution is 2.40. The summed E-state index contributed by atoms with van der Waals surface area (Å²) in [6.07, 6.45) is 4.70. The van der Waals surface area contributed by atoms with Crippen molar-refractivity contribution in [3.63, 3.8) is 0 Å². The summed E-state index contributed by atoms with van der Waals surface area (Å²) in [6, 6.07) is 14.9. The van der Waals surface area contributed by atoms with Crippen LogP contribution >= 0.6 is 28.3 Å². The third kappa shape index (κ3) is 4.73. The lowest BCUT2D eigenvalue weighted by Crippen LogP contribution is -2.25. The van der Waals surface area contributed by atoms with E-state index < -0.39 is 0 Å². The Bertz CT molecular complexity index is 829. The van der Waals surface area contributed by atoms with E-state index in [9.17, 15) is 0 Å². The second-order valence-corrected chi connectivity index (χ2v) is 8.18. The first-order valence-electron chi connectivity index (χ1n) is 9.76. The molecule has 4 rings (SSSR count). The van der Waals surface area contributed by atoms with Crippen LogP contribution in [0, 0.1) is 0 Å². The predicted octanol–water partition coefficient (Wildman–Crippen LogP) is 5.69. The lowest BCUT2D eigenvalue weighted by Gasteiger charge is -2.22. The van der Waals surface area contributed by atoms with Gasteiger partial charge in [-0.2, -0.15) is 0 Å². The van der Waals surface area contributed by atoms with Crippen molar-refractivity contribution in [2.75, 3.05) is 33.4 Å². The van der Waals surface area contributed by atoms with Crippen molar-refractivity contribution in [3.8, 4) is 11.5 Å². The number of likely N-dealkylation sites (tertiary alicyclic amines) is 1. The van der Waals surface area contributed by atoms with Gasteiger partial charge in [0.1, 0.15) is 18.1 Å². The Labute approximate surface area is 182 Å². The molecular formula is C23H27BrClNO2. The van der Waals surface area contributed by atoms with Crippen LogP contribution in [0.4, 0.5) is 0 Å². The first-order chi connectivity index (χ1) is 13.2. The summed E-state index contributed by atoms with van der Waals surface area (Å²) in [5, 5.41) is 0. The largest absolute Gasteiger partial charge is 0.497 e. The summed E-state index contributed by atoms with van der Waals surface area (Å²) in [4.78, 5) is 2.48. The molecule has 1 saturated heterocycles. The van der Waals surface area contributed by atoms with Gasteiger partial charge in [0.2, 0.25) is 0 Å². The van der Waals surface area contributed by atoms with E-state index in [0.717, 1.165) is 37.5 Å². The molecule has 1 heterocycles. The number of ether oxygens (including phenoxy) is 2. The molecule has 0 bridgehead atoms. The third-order valence-corrected chi connectivity index (χ3v) is 6.28. The molecule has 28 heavy (non-hydrogen) atoms. The van der Waals surface area contributed by atoms with Gasteiger partial charge in [0.05, 0.1) is 7.11 Å². The molecule has 0 spiro atoms. The van der Waals surface area contributed by atoms with Crippen molar-refractivity contribution < 1.29 is 9.47 Å². The summed E-state index contributed by atoms with van der Waals surface area (Å²) in [5.74, 6) is 1.87. The minimum Gasteiger partial charge on any atom is -0.497 e. The van der Waals surface area contributed by atoms with E-state index in [2.05, 4.69) is 57.2 Å². The zero-order chi connectivity index (χ0) is 18.6. The van der Waals surface area contributed by atoms with Crippen molar-refractivity contribution in [2.24, 2.45) is 0 Å². The van der Waals surface area contributed by atoms with Gasteiger partial charge < -0.3 is 9.47 Å². The summed E-state index contributed by atoms with van der Waals surface area (Å²) < 4.78 is 12.6. The first-order valence-corrected chi connectivity index (χ1v) is 10.6. The quantitative estimate of drug-likeness (QED) is 0.548. The van der Waals surface area contributed by atoms with E-state index in [1.54, 1.807) is 7.11 Å². The van der Waals surface area contributed by atoms with Gasteiger partial charge in [0.15, 0.2) is 0 Å². The second-order valence-electron chi connectivity index (χ2n) is 7.22. The summed E-state index contributed by atoms with van der Waals surface area (Å²) in [5.41, 5.74) is 5.14. The molecule has 3 nitrogen and oxygen atoms in total. The molecule has 0 aromatic heterocycles. The van der Waals surface area contributed by atoms with E-state index in [4.69, 9.17) is 9.47 Å². The van der Waals surface area contributed by atoms with Crippen LogP contribution in [-0.2, 0) is 6.42 Å². The standard InChI is InChI=1S/C23H26BrNO2.ClH/c1-26-20-9-10-21-18(16-20)6-11-22(24)23(21)17-4-7-19(8-5-17)27-15-14-25-12-2-3-13-25;/h4-5,7-10,16H,2-3,6,11-15H2,1H3;1H. The molecule has 1 aliphatic carbocycles. The number of benzene rings is 2. The number of aryl methyl sites for hydroxylation is 1. The van der Waals surface area contributed by atoms with Gasteiger partial charge in [-0.25, -0.2) is 0 Å². The van der Waals surface area contributed by atoms with E-state index in [1.807, 2.05) is 6.07 Å². The molecule has 0 unspecified atom stereocenters. The molecule has 0 atom stereocenters. The average Bonchev–Trinajstić information content (AvgIpc) is 3.22. The van der Waals surface area contributed by atoms with Gasteiger partial charge >= 0.3 is 0 Å². The van der Waals surface area contributed by atoms with Crippen LogP contribution in [0.1, 0.15) is 36.0 Å². The molecule has 150 valence electrons. The monoisotopic (exact) mass is 463 g/mol. The molecule has 0 amide bonds. The predicted molar refractivity (Wildman–Crippen MR) is 121 cm³/mol. The zero-order valence-electron chi connectivity index (χ0n) is 16.2. The number of fused-ring (bicyclic) bond motifs is 1. The maximum Gasteiger partial charge on any atom is 0.119 e. The fraction of sp³-hybridized carbons (Fsp3) is 0.391. The van der Waals surface area contributed by atoms with Crippen LogP contribution in [0.2, 0.25) is 0 Å². The Morgan fingerprint density at radius 2 is 1.68 bits per heavy atom. The van der Waals surface area contributed by atoms with Crippen LogP contribution in [-0.4, -0.2) is 38.3 Å². The van der Waals surface area contributed by atoms with E-state index in [1.165, 1.54) is 52.7 Å². The molecule has 0 N–H and O–H groups in total. The molecule has 1 aliphatic heterocycles. The highest BCUT2D eigenvalue weighted by atomic mass is 79.9. The Morgan fingerprint density at radius 1 is 0.964 bits per heavy atom. The van der Waals surface area contributed by atoms with Gasteiger partial charge in [0, 0.05) is 11.0 Å². The lowest BCUT2D eigenvalue weighted by molar-refractivity contribution is 0.238. The number of nitrogens with zero attached hydrogens (tertiary/aromatic N) is 1. The van der Waals surface area contributed by atoms with Gasteiger partial charge in [-0.3, -0.25) is 4.90 Å². The van der Waals surface area contributed by atoms with Crippen LogP contribution in [0.3, 0.4) is 0 Å². The number of halogens is 2. The Kier molecular flexibility index (Phi) is 7.44. The maximum atomic E-state index is 5.95. The van der Waals surface area contributed by atoms with Gasteiger partial charge in [0.25, 0.3) is 0 Å². The fourth-order valence-electron chi connectivity index (χ4n) is 3.99. The Balaban J connectivity index is 0.00000225. The molecule has 2 aromatic carbocycles. The zero-order valence-corrected chi connectivity index (χ0v) is 18.7. The number of allylic oxidation sites excluding steroid dienone is 1. The second kappa shape index (κ2) is 9.82. The third-order valence-electron chi connectivity index (χ3n) is 5.48. The minimum atomic E-state index is 0. The minimum absolute atomic E-state index is 0. The van der Waals surface area contributed by atoms with Crippen LogP contribution < -0.4 is 9.47 Å². The van der Waals surface area contributed by atoms with Crippen molar-refractivity contribution in [2.45, 2.75) is 25.7 Å². The topological polar surface area (TPSA) is 21.7 Å². The van der Waals surface area contributed by atoms with Crippen LogP contribution in [0.5, 0.6) is 11.5 Å². The van der Waals surface area contributed by atoms with Gasteiger partial charge in [-0.15, -0.1) is 12.4 Å². The molecule has 0 saturated carbocycles. The van der Waals surface area contributed by atoms with Crippen molar-refractivity contribution in [1.29, 1.82) is 0 Å². The normalized spacial score (nSPS) is 16.5. The highest BCUT2D eigenvalue weighted by molar-refractivity contribution is 9.11. The number of rotatable bonds is 6.